The first kappa shape index (κ1) is 14.0. The van der Waals surface area contributed by atoms with Gasteiger partial charge in [0.1, 0.15) is 6.54 Å². The van der Waals surface area contributed by atoms with Crippen LogP contribution >= 0.6 is 0 Å². The molecule has 1 aromatic rings. The summed E-state index contributed by atoms with van der Waals surface area (Å²) in [5, 5.41) is 0. The number of likely N-dealkylation sites (tertiary alicyclic amines) is 1. The largest absolute Gasteiger partial charge is 0.333 e. The van der Waals surface area contributed by atoms with Crippen molar-refractivity contribution in [1.82, 2.24) is 9.88 Å². The van der Waals surface area contributed by atoms with Crippen molar-refractivity contribution < 1.29 is 9.59 Å². The Kier molecular flexibility index (Phi) is 4.18. The van der Waals surface area contributed by atoms with E-state index in [9.17, 15) is 9.59 Å². The van der Waals surface area contributed by atoms with E-state index in [4.69, 9.17) is 0 Å². The van der Waals surface area contributed by atoms with E-state index in [-0.39, 0.29) is 18.4 Å². The Morgan fingerprint density at radius 3 is 2.95 bits per heavy atom. The van der Waals surface area contributed by atoms with Crippen LogP contribution in [0.3, 0.4) is 0 Å². The van der Waals surface area contributed by atoms with Crippen LogP contribution in [-0.2, 0) is 16.0 Å². The average Bonchev–Trinajstić information content (AvgIpc) is 2.71. The fraction of sp³-hybridized carbons (Fsp3) is 0.562. The number of fused-ring (bicyclic) bond motifs is 1. The zero-order valence-corrected chi connectivity index (χ0v) is 12.3. The number of carbonyl (C=O) groups excluding carboxylic acids is 2. The third-order valence-corrected chi connectivity index (χ3v) is 4.25. The highest BCUT2D eigenvalue weighted by Gasteiger charge is 2.26. The molecule has 3 rings (SSSR count). The van der Waals surface area contributed by atoms with Gasteiger partial charge < -0.3 is 9.80 Å². The fourth-order valence-corrected chi connectivity index (χ4v) is 3.11. The van der Waals surface area contributed by atoms with Gasteiger partial charge in [-0.05, 0) is 37.8 Å². The Hall–Kier alpha value is -1.91. The molecule has 0 aromatic carbocycles. The molecule has 2 amide bonds. The van der Waals surface area contributed by atoms with Crippen molar-refractivity contribution in [3.63, 3.8) is 0 Å². The summed E-state index contributed by atoms with van der Waals surface area (Å²) >= 11 is 0. The Balaban J connectivity index is 1.72. The molecule has 0 atom stereocenters. The number of carbonyl (C=O) groups is 2. The van der Waals surface area contributed by atoms with Crippen LogP contribution in [0.15, 0.2) is 18.3 Å². The molecule has 0 aliphatic carbocycles. The number of aryl methyl sites for hydroxylation is 1. The Morgan fingerprint density at radius 2 is 2.05 bits per heavy atom. The molecule has 0 saturated carbocycles. The molecule has 0 N–H and O–H groups in total. The number of pyridine rings is 1. The maximum atomic E-state index is 12.6. The van der Waals surface area contributed by atoms with Gasteiger partial charge in [-0.2, -0.15) is 0 Å². The molecular weight excluding hydrogens is 266 g/mol. The van der Waals surface area contributed by atoms with E-state index >= 15 is 0 Å². The van der Waals surface area contributed by atoms with Gasteiger partial charge >= 0.3 is 0 Å². The second kappa shape index (κ2) is 6.24. The minimum atomic E-state index is 0.0131. The molecular formula is C16H21N3O2. The minimum Gasteiger partial charge on any atom is -0.333 e. The molecule has 0 radical (unpaired) electrons. The first-order valence-corrected chi connectivity index (χ1v) is 7.78. The zero-order chi connectivity index (χ0) is 14.7. The van der Waals surface area contributed by atoms with E-state index in [1.54, 1.807) is 16.0 Å². The van der Waals surface area contributed by atoms with E-state index in [1.807, 2.05) is 12.1 Å². The highest BCUT2D eigenvalue weighted by atomic mass is 16.2. The summed E-state index contributed by atoms with van der Waals surface area (Å²) in [4.78, 5) is 32.5. The molecule has 2 aliphatic rings. The summed E-state index contributed by atoms with van der Waals surface area (Å²) in [6.07, 6.45) is 7.22. The summed E-state index contributed by atoms with van der Waals surface area (Å²) in [5.41, 5.74) is 1.90. The van der Waals surface area contributed by atoms with Gasteiger partial charge in [0.25, 0.3) is 0 Å². The van der Waals surface area contributed by atoms with Gasteiger partial charge in [0.15, 0.2) is 0 Å². The lowest BCUT2D eigenvalue weighted by molar-refractivity contribution is -0.134. The third kappa shape index (κ3) is 3.06. The van der Waals surface area contributed by atoms with Crippen molar-refractivity contribution in [3.8, 4) is 0 Å². The summed E-state index contributed by atoms with van der Waals surface area (Å²) in [5.74, 6) is 0.128. The molecule has 2 aliphatic heterocycles. The second-order valence-corrected chi connectivity index (χ2v) is 5.74. The van der Waals surface area contributed by atoms with Crippen molar-refractivity contribution in [2.75, 3.05) is 24.5 Å². The van der Waals surface area contributed by atoms with Gasteiger partial charge in [-0.3, -0.25) is 14.6 Å². The van der Waals surface area contributed by atoms with E-state index in [2.05, 4.69) is 4.98 Å². The van der Waals surface area contributed by atoms with Crippen molar-refractivity contribution in [1.29, 1.82) is 0 Å². The number of hydrogen-bond donors (Lipinski definition) is 0. The van der Waals surface area contributed by atoms with Gasteiger partial charge in [-0.15, -0.1) is 0 Å². The number of rotatable bonds is 2. The van der Waals surface area contributed by atoms with Crippen LogP contribution in [-0.4, -0.2) is 41.3 Å². The van der Waals surface area contributed by atoms with Gasteiger partial charge in [-0.25, -0.2) is 0 Å². The predicted molar refractivity (Wildman–Crippen MR) is 80.0 cm³/mol. The molecule has 1 fully saturated rings. The van der Waals surface area contributed by atoms with Gasteiger partial charge in [-0.1, -0.05) is 6.42 Å². The quantitative estimate of drug-likeness (QED) is 0.833. The molecule has 112 valence electrons. The maximum Gasteiger partial charge on any atom is 0.246 e. The standard InChI is InChI=1S/C16H21N3O2/c20-15-8-2-1-3-10-18(15)12-16(21)19-11-5-6-13-14(19)7-4-9-17-13/h4,7,9H,1-3,5-6,8,10-12H2. The molecule has 0 bridgehead atoms. The molecule has 1 saturated heterocycles. The maximum absolute atomic E-state index is 12.6. The number of anilines is 1. The lowest BCUT2D eigenvalue weighted by Gasteiger charge is -2.30. The number of amides is 2. The van der Waals surface area contributed by atoms with Crippen molar-refractivity contribution in [3.05, 3.63) is 24.0 Å². The Morgan fingerprint density at radius 1 is 1.14 bits per heavy atom. The summed E-state index contributed by atoms with van der Waals surface area (Å²) in [6.45, 7) is 1.63. The van der Waals surface area contributed by atoms with Crippen LogP contribution < -0.4 is 4.90 Å². The molecule has 21 heavy (non-hydrogen) atoms. The zero-order valence-electron chi connectivity index (χ0n) is 12.3. The molecule has 0 unspecified atom stereocenters. The summed E-state index contributed by atoms with van der Waals surface area (Å²) < 4.78 is 0. The van der Waals surface area contributed by atoms with Crippen LogP contribution in [0.1, 0.15) is 37.8 Å². The van der Waals surface area contributed by atoms with Gasteiger partial charge in [0.05, 0.1) is 11.4 Å². The van der Waals surface area contributed by atoms with Crippen molar-refractivity contribution >= 4 is 17.5 Å². The second-order valence-electron chi connectivity index (χ2n) is 5.74. The SMILES string of the molecule is O=C1CCCCCN1CC(=O)N1CCCc2ncccc21. The average molecular weight is 287 g/mol. The predicted octanol–water partition coefficient (Wildman–Crippen LogP) is 1.76. The number of hydrogen-bond acceptors (Lipinski definition) is 3. The lowest BCUT2D eigenvalue weighted by Crippen LogP contribution is -2.44. The number of nitrogens with zero attached hydrogens (tertiary/aromatic N) is 3. The van der Waals surface area contributed by atoms with Crippen molar-refractivity contribution in [2.45, 2.75) is 38.5 Å². The summed E-state index contributed by atoms with van der Waals surface area (Å²) in [7, 11) is 0. The molecule has 5 nitrogen and oxygen atoms in total. The Bertz CT molecular complexity index is 544. The van der Waals surface area contributed by atoms with Gasteiger partial charge in [0.2, 0.25) is 11.8 Å². The Labute approximate surface area is 124 Å². The topological polar surface area (TPSA) is 53.5 Å². The first-order chi connectivity index (χ1) is 10.3. The monoisotopic (exact) mass is 287 g/mol. The van der Waals surface area contributed by atoms with E-state index in [1.165, 1.54) is 0 Å². The van der Waals surface area contributed by atoms with Crippen molar-refractivity contribution in [2.24, 2.45) is 0 Å². The van der Waals surface area contributed by atoms with E-state index in [0.29, 0.717) is 13.0 Å². The smallest absolute Gasteiger partial charge is 0.246 e. The molecule has 3 heterocycles. The highest BCUT2D eigenvalue weighted by Crippen LogP contribution is 2.25. The third-order valence-electron chi connectivity index (χ3n) is 4.25. The molecule has 0 spiro atoms. The van der Waals surface area contributed by atoms with Crippen LogP contribution in [0.5, 0.6) is 0 Å². The minimum absolute atomic E-state index is 0.0131. The first-order valence-electron chi connectivity index (χ1n) is 7.78. The number of aromatic nitrogens is 1. The summed E-state index contributed by atoms with van der Waals surface area (Å²) in [6, 6.07) is 3.81. The molecule has 5 heteroatoms. The molecule has 1 aromatic heterocycles. The van der Waals surface area contributed by atoms with E-state index < -0.39 is 0 Å². The highest BCUT2D eigenvalue weighted by molar-refractivity contribution is 5.97. The normalized spacial score (nSPS) is 19.1. The van der Waals surface area contributed by atoms with Gasteiger partial charge in [0, 0.05) is 25.7 Å². The van der Waals surface area contributed by atoms with E-state index in [0.717, 1.165) is 50.0 Å². The van der Waals surface area contributed by atoms with Crippen LogP contribution in [0.2, 0.25) is 0 Å². The lowest BCUT2D eigenvalue weighted by atomic mass is 10.1. The van der Waals surface area contributed by atoms with Crippen LogP contribution in [0.4, 0.5) is 5.69 Å². The van der Waals surface area contributed by atoms with Crippen LogP contribution in [0, 0.1) is 0 Å². The fourth-order valence-electron chi connectivity index (χ4n) is 3.11. The van der Waals surface area contributed by atoms with Crippen LogP contribution in [0.25, 0.3) is 0 Å².